The topological polar surface area (TPSA) is 57.3 Å². The summed E-state index contributed by atoms with van der Waals surface area (Å²) in [7, 11) is 0. The third-order valence-electron chi connectivity index (χ3n) is 4.41. The molecule has 1 amide bonds. The average molecular weight is 405 g/mol. The molecule has 0 spiro atoms. The van der Waals surface area contributed by atoms with Gasteiger partial charge >= 0.3 is 0 Å². The predicted octanol–water partition coefficient (Wildman–Crippen LogP) is 4.54. The van der Waals surface area contributed by atoms with Crippen molar-refractivity contribution < 1.29 is 4.79 Å². The summed E-state index contributed by atoms with van der Waals surface area (Å²) in [6, 6.07) is 8.33. The Kier molecular flexibility index (Phi) is 8.19. The number of hydrogen-bond acceptors (Lipinski definition) is 4. The van der Waals surface area contributed by atoms with Gasteiger partial charge in [0, 0.05) is 18.3 Å². The summed E-state index contributed by atoms with van der Waals surface area (Å²) in [6.45, 7) is 8.47. The molecule has 0 atom stereocenters. The Morgan fingerprint density at radius 2 is 1.96 bits per heavy atom. The Labute approximate surface area is 171 Å². The second-order valence-corrected chi connectivity index (χ2v) is 7.54. The quantitative estimate of drug-likeness (QED) is 0.633. The average Bonchev–Trinajstić information content (AvgIpc) is 3.13. The minimum atomic E-state index is -0.0457. The van der Waals surface area contributed by atoms with Crippen molar-refractivity contribution in [2.45, 2.75) is 59.5 Å². The molecule has 2 N–H and O–H groups in total. The molecule has 0 fully saturated rings. The van der Waals surface area contributed by atoms with Crippen LogP contribution in [0.2, 0.25) is 0 Å². The molecule has 0 aliphatic rings. The van der Waals surface area contributed by atoms with Gasteiger partial charge in [0.05, 0.1) is 17.9 Å². The van der Waals surface area contributed by atoms with Crippen LogP contribution in [0.15, 0.2) is 29.6 Å². The van der Waals surface area contributed by atoms with E-state index in [2.05, 4.69) is 36.4 Å². The van der Waals surface area contributed by atoms with Gasteiger partial charge in [-0.1, -0.05) is 39.0 Å². The van der Waals surface area contributed by atoms with Crippen molar-refractivity contribution >= 4 is 45.4 Å². The van der Waals surface area contributed by atoms with Crippen LogP contribution in [-0.4, -0.2) is 22.0 Å². The molecule has 0 unspecified atom stereocenters. The first-order valence-electron chi connectivity index (χ1n) is 9.37. The molecule has 5 nitrogen and oxygen atoms in total. The summed E-state index contributed by atoms with van der Waals surface area (Å²) in [5, 5.41) is 9.79. The van der Waals surface area contributed by atoms with Gasteiger partial charge in [0.25, 0.3) is 0 Å². The molecular weight excluding hydrogens is 376 g/mol. The molecule has 0 aliphatic heterocycles. The molecule has 0 aliphatic carbocycles. The molecule has 0 saturated carbocycles. The first kappa shape index (κ1) is 21.3. The van der Waals surface area contributed by atoms with E-state index in [4.69, 9.17) is 12.2 Å². The third-order valence-corrected chi connectivity index (χ3v) is 5.55. The van der Waals surface area contributed by atoms with Gasteiger partial charge in [-0.15, -0.1) is 11.3 Å². The first-order chi connectivity index (χ1) is 13.0. The van der Waals surface area contributed by atoms with Crippen molar-refractivity contribution in [2.24, 2.45) is 0 Å². The number of aryl methyl sites for hydroxylation is 1. The number of carbonyl (C=O) groups is 1. The molecule has 27 heavy (non-hydrogen) atoms. The van der Waals surface area contributed by atoms with E-state index in [9.17, 15) is 4.79 Å². The van der Waals surface area contributed by atoms with E-state index in [1.165, 1.54) is 11.3 Å². The summed E-state index contributed by atoms with van der Waals surface area (Å²) in [5.74, 6) is -0.0457. The fourth-order valence-electron chi connectivity index (χ4n) is 2.82. The van der Waals surface area contributed by atoms with Crippen molar-refractivity contribution in [2.75, 3.05) is 4.90 Å². The van der Waals surface area contributed by atoms with Gasteiger partial charge in [0.1, 0.15) is 0 Å². The van der Waals surface area contributed by atoms with E-state index < -0.39 is 0 Å². The molecule has 146 valence electrons. The number of amides is 1. The first-order valence-corrected chi connectivity index (χ1v) is 10.7. The van der Waals surface area contributed by atoms with Crippen LogP contribution in [0.3, 0.4) is 0 Å². The number of para-hydroxylation sites is 1. The normalized spacial score (nSPS) is 10.7. The van der Waals surface area contributed by atoms with Crippen LogP contribution in [0.5, 0.6) is 0 Å². The van der Waals surface area contributed by atoms with Crippen LogP contribution in [0.25, 0.3) is 0 Å². The molecule has 1 heterocycles. The third kappa shape index (κ3) is 5.74. The summed E-state index contributed by atoms with van der Waals surface area (Å²) >= 11 is 6.83. The Morgan fingerprint density at radius 3 is 2.59 bits per heavy atom. The zero-order chi connectivity index (χ0) is 19.8. The lowest BCUT2D eigenvalue weighted by Crippen LogP contribution is -2.41. The highest BCUT2D eigenvalue weighted by Crippen LogP contribution is 2.31. The van der Waals surface area contributed by atoms with Gasteiger partial charge in [-0.2, -0.15) is 0 Å². The molecule has 0 bridgehead atoms. The fraction of sp³-hybridized carbons (Fsp3) is 0.450. The molecule has 0 saturated heterocycles. The van der Waals surface area contributed by atoms with Crippen LogP contribution in [0, 0.1) is 0 Å². The number of hydrogen-bond donors (Lipinski definition) is 2. The smallest absolute Gasteiger partial charge is 0.230 e. The summed E-state index contributed by atoms with van der Waals surface area (Å²) in [4.78, 5) is 18.7. The van der Waals surface area contributed by atoms with Crippen molar-refractivity contribution in [1.82, 2.24) is 15.6 Å². The van der Waals surface area contributed by atoms with Gasteiger partial charge in [-0.25, -0.2) is 4.98 Å². The van der Waals surface area contributed by atoms with E-state index in [0.717, 1.165) is 36.2 Å². The van der Waals surface area contributed by atoms with Crippen LogP contribution >= 0.6 is 23.6 Å². The lowest BCUT2D eigenvalue weighted by Gasteiger charge is -2.21. The monoisotopic (exact) mass is 404 g/mol. The minimum absolute atomic E-state index is 0.0457. The maximum Gasteiger partial charge on any atom is 0.230 e. The zero-order valence-electron chi connectivity index (χ0n) is 16.4. The van der Waals surface area contributed by atoms with Crippen LogP contribution in [0.4, 0.5) is 10.8 Å². The van der Waals surface area contributed by atoms with E-state index in [0.29, 0.717) is 22.8 Å². The van der Waals surface area contributed by atoms with Gasteiger partial charge in [0.2, 0.25) is 5.91 Å². The molecule has 0 radical (unpaired) electrons. The Hall–Kier alpha value is -1.99. The fourth-order valence-corrected chi connectivity index (χ4v) is 3.93. The van der Waals surface area contributed by atoms with Gasteiger partial charge in [-0.05, 0) is 43.1 Å². The molecular formula is C20H28N4OS2. The Morgan fingerprint density at radius 1 is 1.26 bits per heavy atom. The summed E-state index contributed by atoms with van der Waals surface area (Å²) in [5.41, 5.74) is 2.88. The number of carbonyl (C=O) groups excluding carboxylic acids is 1. The number of benzene rings is 1. The predicted molar refractivity (Wildman–Crippen MR) is 118 cm³/mol. The highest BCUT2D eigenvalue weighted by atomic mass is 32.1. The maximum absolute atomic E-state index is 12.3. The number of rotatable bonds is 8. The van der Waals surface area contributed by atoms with E-state index in [1.54, 1.807) is 11.8 Å². The minimum Gasteiger partial charge on any atom is -0.360 e. The number of nitrogens with one attached hydrogen (secondary N) is 2. The van der Waals surface area contributed by atoms with E-state index in [-0.39, 0.29) is 5.91 Å². The lowest BCUT2D eigenvalue weighted by atomic mass is 10.1. The molecule has 7 heteroatoms. The Bertz CT molecular complexity index is 771. The number of aromatic nitrogens is 1. The Balaban J connectivity index is 2.10. The maximum atomic E-state index is 12.3. The standard InChI is InChI=1S/C20H28N4OS2/c1-5-15-10-8-9-11-18(15)24(14(4)25)20-23-17(13-27-20)12-21-19(26)22-16(6-2)7-3/h8-11,13,16H,5-7,12H2,1-4H3,(H2,21,22,26). The van der Waals surface area contributed by atoms with Gasteiger partial charge < -0.3 is 10.6 Å². The van der Waals surface area contributed by atoms with Crippen molar-refractivity contribution in [3.05, 3.63) is 40.9 Å². The highest BCUT2D eigenvalue weighted by molar-refractivity contribution is 7.80. The van der Waals surface area contributed by atoms with Crippen molar-refractivity contribution in [3.8, 4) is 0 Å². The van der Waals surface area contributed by atoms with Gasteiger partial charge in [-0.3, -0.25) is 9.69 Å². The number of anilines is 2. The number of nitrogens with zero attached hydrogens (tertiary/aromatic N) is 2. The molecule has 2 rings (SSSR count). The molecule has 2 aromatic rings. The number of thiazole rings is 1. The summed E-state index contributed by atoms with van der Waals surface area (Å²) in [6.07, 6.45) is 2.92. The summed E-state index contributed by atoms with van der Waals surface area (Å²) < 4.78 is 0. The van der Waals surface area contributed by atoms with Crippen molar-refractivity contribution in [3.63, 3.8) is 0 Å². The van der Waals surface area contributed by atoms with E-state index in [1.807, 2.05) is 29.6 Å². The largest absolute Gasteiger partial charge is 0.360 e. The molecule has 1 aromatic carbocycles. The number of thiocarbonyl (C=S) groups is 1. The van der Waals surface area contributed by atoms with E-state index >= 15 is 0 Å². The SMILES string of the molecule is CCc1ccccc1N(C(C)=O)c1nc(CNC(=S)NC(CC)CC)cs1. The lowest BCUT2D eigenvalue weighted by molar-refractivity contribution is -0.115. The zero-order valence-corrected chi connectivity index (χ0v) is 18.0. The second-order valence-electron chi connectivity index (χ2n) is 6.30. The van der Waals surface area contributed by atoms with Crippen LogP contribution in [-0.2, 0) is 17.8 Å². The van der Waals surface area contributed by atoms with Crippen molar-refractivity contribution in [1.29, 1.82) is 0 Å². The molecule has 1 aromatic heterocycles. The van der Waals surface area contributed by atoms with Crippen LogP contribution < -0.4 is 15.5 Å². The highest BCUT2D eigenvalue weighted by Gasteiger charge is 2.20. The van der Waals surface area contributed by atoms with Crippen LogP contribution in [0.1, 0.15) is 51.8 Å². The second kappa shape index (κ2) is 10.4. The van der Waals surface area contributed by atoms with Gasteiger partial charge in [0.15, 0.2) is 10.2 Å².